The van der Waals surface area contributed by atoms with E-state index in [-0.39, 0.29) is 12.0 Å². The van der Waals surface area contributed by atoms with Crippen LogP contribution < -0.4 is 5.32 Å². The van der Waals surface area contributed by atoms with Crippen LogP contribution in [-0.4, -0.2) is 25.2 Å². The number of nitrogens with one attached hydrogen (secondary N) is 1. The van der Waals surface area contributed by atoms with Gasteiger partial charge >= 0.3 is 0 Å². The van der Waals surface area contributed by atoms with Crippen LogP contribution in [0.25, 0.3) is 0 Å². The molecule has 0 spiro atoms. The number of hydrogen-bond acceptors (Lipinski definition) is 2. The topological polar surface area (TPSA) is 38.3 Å². The van der Waals surface area contributed by atoms with Crippen molar-refractivity contribution < 1.29 is 9.53 Å². The number of carbonyl (C=O) groups excluding carboxylic acids is 1. The maximum absolute atomic E-state index is 11.3. The summed E-state index contributed by atoms with van der Waals surface area (Å²) in [6.45, 7) is 5.77. The van der Waals surface area contributed by atoms with Crippen molar-refractivity contribution in [1.29, 1.82) is 0 Å². The first kappa shape index (κ1) is 10.5. The van der Waals surface area contributed by atoms with Crippen molar-refractivity contribution in [2.75, 3.05) is 13.2 Å². The first-order valence-electron chi connectivity index (χ1n) is 5.07. The van der Waals surface area contributed by atoms with E-state index in [9.17, 15) is 4.79 Å². The van der Waals surface area contributed by atoms with Gasteiger partial charge in [0.2, 0.25) is 5.91 Å². The zero-order valence-electron chi connectivity index (χ0n) is 8.51. The lowest BCUT2D eigenvalue weighted by molar-refractivity contribution is -0.123. The van der Waals surface area contributed by atoms with Gasteiger partial charge in [-0.15, -0.1) is 0 Å². The van der Waals surface area contributed by atoms with Crippen molar-refractivity contribution in [2.24, 2.45) is 5.92 Å². The fourth-order valence-corrected chi connectivity index (χ4v) is 1.40. The van der Waals surface area contributed by atoms with Gasteiger partial charge in [0.1, 0.15) is 0 Å². The number of hydrogen-bond donors (Lipinski definition) is 1. The van der Waals surface area contributed by atoms with Crippen molar-refractivity contribution in [1.82, 2.24) is 5.32 Å². The van der Waals surface area contributed by atoms with Crippen LogP contribution in [0, 0.1) is 5.92 Å². The standard InChI is InChI=1S/C10H19NO2/c1-8(2)7-11-10(12)6-9-4-3-5-13-9/h8-9H,3-7H2,1-2H3,(H,11,12). The molecule has 0 aromatic carbocycles. The maximum Gasteiger partial charge on any atom is 0.222 e. The average molecular weight is 185 g/mol. The van der Waals surface area contributed by atoms with E-state index in [1.165, 1.54) is 0 Å². The molecule has 1 amide bonds. The Bertz CT molecular complexity index is 162. The SMILES string of the molecule is CC(C)CNC(=O)CC1CCCO1. The van der Waals surface area contributed by atoms with Crippen LogP contribution in [0.15, 0.2) is 0 Å². The molecule has 1 aliphatic rings. The Balaban J connectivity index is 2.09. The first-order valence-corrected chi connectivity index (χ1v) is 5.07. The smallest absolute Gasteiger partial charge is 0.222 e. The Morgan fingerprint density at radius 1 is 1.62 bits per heavy atom. The molecule has 0 saturated carbocycles. The van der Waals surface area contributed by atoms with Gasteiger partial charge in [0.25, 0.3) is 0 Å². The normalized spacial score (nSPS) is 22.2. The Morgan fingerprint density at radius 2 is 2.38 bits per heavy atom. The lowest BCUT2D eigenvalue weighted by Gasteiger charge is -2.10. The molecule has 3 nitrogen and oxygen atoms in total. The number of carbonyl (C=O) groups is 1. The molecule has 1 saturated heterocycles. The minimum atomic E-state index is 0.126. The lowest BCUT2D eigenvalue weighted by atomic mass is 10.1. The Labute approximate surface area is 79.8 Å². The Kier molecular flexibility index (Phi) is 4.22. The molecule has 76 valence electrons. The molecule has 1 atom stereocenters. The predicted octanol–water partition coefficient (Wildman–Crippen LogP) is 1.33. The van der Waals surface area contributed by atoms with Crippen molar-refractivity contribution in [2.45, 2.75) is 39.2 Å². The van der Waals surface area contributed by atoms with E-state index >= 15 is 0 Å². The van der Waals surface area contributed by atoms with Crippen LogP contribution in [0.3, 0.4) is 0 Å². The van der Waals surface area contributed by atoms with Crippen LogP contribution >= 0.6 is 0 Å². The third-order valence-corrected chi connectivity index (χ3v) is 2.14. The minimum absolute atomic E-state index is 0.126. The summed E-state index contributed by atoms with van der Waals surface area (Å²) in [5.74, 6) is 0.647. The van der Waals surface area contributed by atoms with E-state index in [2.05, 4.69) is 19.2 Å². The first-order chi connectivity index (χ1) is 6.18. The molecular formula is C10H19NO2. The molecule has 0 aromatic heterocycles. The Hall–Kier alpha value is -0.570. The summed E-state index contributed by atoms with van der Waals surface area (Å²) >= 11 is 0. The molecule has 13 heavy (non-hydrogen) atoms. The zero-order chi connectivity index (χ0) is 9.68. The fourth-order valence-electron chi connectivity index (χ4n) is 1.40. The van der Waals surface area contributed by atoms with Gasteiger partial charge in [-0.1, -0.05) is 13.8 Å². The Morgan fingerprint density at radius 3 is 2.92 bits per heavy atom. The van der Waals surface area contributed by atoms with Crippen molar-refractivity contribution in [3.8, 4) is 0 Å². The highest BCUT2D eigenvalue weighted by atomic mass is 16.5. The van der Waals surface area contributed by atoms with Crippen LogP contribution in [0.2, 0.25) is 0 Å². The zero-order valence-corrected chi connectivity index (χ0v) is 8.51. The number of ether oxygens (including phenoxy) is 1. The highest BCUT2D eigenvalue weighted by molar-refractivity contribution is 5.76. The summed E-state index contributed by atoms with van der Waals surface area (Å²) in [7, 11) is 0. The van der Waals surface area contributed by atoms with Gasteiger partial charge in [-0.2, -0.15) is 0 Å². The lowest BCUT2D eigenvalue weighted by Crippen LogP contribution is -2.30. The molecule has 0 radical (unpaired) electrons. The molecule has 1 heterocycles. The second-order valence-corrected chi connectivity index (χ2v) is 4.04. The summed E-state index contributed by atoms with van der Waals surface area (Å²) in [5.41, 5.74) is 0. The molecule has 0 bridgehead atoms. The van der Waals surface area contributed by atoms with Gasteiger partial charge in [0.15, 0.2) is 0 Å². The van der Waals surface area contributed by atoms with Gasteiger partial charge < -0.3 is 10.1 Å². The average Bonchev–Trinajstić information content (AvgIpc) is 2.53. The molecule has 1 rings (SSSR count). The van der Waals surface area contributed by atoms with Crippen LogP contribution in [0.5, 0.6) is 0 Å². The van der Waals surface area contributed by atoms with E-state index in [0.717, 1.165) is 26.0 Å². The second-order valence-electron chi connectivity index (χ2n) is 4.04. The monoisotopic (exact) mass is 185 g/mol. The highest BCUT2D eigenvalue weighted by Gasteiger charge is 2.18. The summed E-state index contributed by atoms with van der Waals surface area (Å²) < 4.78 is 5.37. The summed E-state index contributed by atoms with van der Waals surface area (Å²) in [6.07, 6.45) is 2.84. The highest BCUT2D eigenvalue weighted by Crippen LogP contribution is 2.14. The maximum atomic E-state index is 11.3. The second kappa shape index (κ2) is 5.22. The number of rotatable bonds is 4. The van der Waals surface area contributed by atoms with Gasteiger partial charge in [0.05, 0.1) is 12.5 Å². The molecule has 1 aliphatic heterocycles. The summed E-state index contributed by atoms with van der Waals surface area (Å²) in [5, 5.41) is 2.89. The molecule has 1 N–H and O–H groups in total. The molecule has 0 aromatic rings. The molecule has 1 fully saturated rings. The van der Waals surface area contributed by atoms with Gasteiger partial charge in [0, 0.05) is 13.2 Å². The largest absolute Gasteiger partial charge is 0.378 e. The van der Waals surface area contributed by atoms with Crippen LogP contribution in [0.4, 0.5) is 0 Å². The van der Waals surface area contributed by atoms with Crippen LogP contribution in [0.1, 0.15) is 33.1 Å². The molecular weight excluding hydrogens is 166 g/mol. The third kappa shape index (κ3) is 4.27. The van der Waals surface area contributed by atoms with Crippen LogP contribution in [-0.2, 0) is 9.53 Å². The van der Waals surface area contributed by atoms with E-state index in [0.29, 0.717) is 12.3 Å². The molecule has 0 aliphatic carbocycles. The fraction of sp³-hybridized carbons (Fsp3) is 0.900. The minimum Gasteiger partial charge on any atom is -0.378 e. The van der Waals surface area contributed by atoms with Gasteiger partial charge in [-0.3, -0.25) is 4.79 Å². The predicted molar refractivity (Wildman–Crippen MR) is 51.4 cm³/mol. The van der Waals surface area contributed by atoms with E-state index in [4.69, 9.17) is 4.74 Å². The van der Waals surface area contributed by atoms with Crippen molar-refractivity contribution in [3.63, 3.8) is 0 Å². The van der Waals surface area contributed by atoms with E-state index in [1.54, 1.807) is 0 Å². The van der Waals surface area contributed by atoms with Gasteiger partial charge in [-0.25, -0.2) is 0 Å². The van der Waals surface area contributed by atoms with Gasteiger partial charge in [-0.05, 0) is 18.8 Å². The van der Waals surface area contributed by atoms with E-state index < -0.39 is 0 Å². The molecule has 3 heteroatoms. The van der Waals surface area contributed by atoms with Crippen molar-refractivity contribution in [3.05, 3.63) is 0 Å². The molecule has 1 unspecified atom stereocenters. The summed E-state index contributed by atoms with van der Waals surface area (Å²) in [4.78, 5) is 11.3. The quantitative estimate of drug-likeness (QED) is 0.717. The van der Waals surface area contributed by atoms with Crippen molar-refractivity contribution >= 4 is 5.91 Å². The number of amides is 1. The summed E-state index contributed by atoms with van der Waals surface area (Å²) in [6, 6.07) is 0. The van der Waals surface area contributed by atoms with E-state index in [1.807, 2.05) is 0 Å². The third-order valence-electron chi connectivity index (χ3n) is 2.14.